The molecule has 1 aliphatic heterocycles. The summed E-state index contributed by atoms with van der Waals surface area (Å²) in [7, 11) is 0. The van der Waals surface area contributed by atoms with Crippen LogP contribution >= 0.6 is 22.9 Å². The summed E-state index contributed by atoms with van der Waals surface area (Å²) >= 11 is 7.26. The van der Waals surface area contributed by atoms with E-state index < -0.39 is 17.6 Å². The van der Waals surface area contributed by atoms with Crippen molar-refractivity contribution in [3.8, 4) is 0 Å². The molecule has 100 valence electrons. The van der Waals surface area contributed by atoms with Crippen LogP contribution in [-0.4, -0.2) is 11.8 Å². The Hall–Kier alpha value is -1.98. The van der Waals surface area contributed by atoms with E-state index in [1.54, 1.807) is 23.6 Å². The van der Waals surface area contributed by atoms with Crippen molar-refractivity contribution in [3.05, 3.63) is 57.5 Å². The van der Waals surface area contributed by atoms with E-state index in [1.165, 1.54) is 29.5 Å². The highest BCUT2D eigenvalue weighted by atomic mass is 35.5. The molecule has 1 aromatic carbocycles. The molecule has 0 aliphatic carbocycles. The van der Waals surface area contributed by atoms with E-state index in [9.17, 15) is 14.0 Å². The fraction of sp³-hybridized carbons (Fsp3) is 0. The molecule has 0 N–H and O–H groups in total. The lowest BCUT2D eigenvalue weighted by Gasteiger charge is -2.15. The first kappa shape index (κ1) is 13.0. The molecule has 0 unspecified atom stereocenters. The summed E-state index contributed by atoms with van der Waals surface area (Å²) in [5.74, 6) is -1.95. The molecule has 6 heteroatoms. The Morgan fingerprint density at radius 3 is 2.45 bits per heavy atom. The minimum Gasteiger partial charge on any atom is -0.268 e. The molecule has 1 aliphatic rings. The first-order chi connectivity index (χ1) is 9.61. The van der Waals surface area contributed by atoms with Crippen LogP contribution in [0.5, 0.6) is 0 Å². The van der Waals surface area contributed by atoms with Gasteiger partial charge in [0.2, 0.25) is 0 Å². The number of benzene rings is 1. The fourth-order valence-electron chi connectivity index (χ4n) is 1.99. The van der Waals surface area contributed by atoms with Gasteiger partial charge in [-0.05, 0) is 23.6 Å². The third-order valence-electron chi connectivity index (χ3n) is 2.89. The molecule has 0 spiro atoms. The van der Waals surface area contributed by atoms with Crippen LogP contribution in [0.3, 0.4) is 0 Å². The lowest BCUT2D eigenvalue weighted by atomic mass is 10.2. The quantitative estimate of drug-likeness (QED) is 0.797. The third kappa shape index (κ3) is 1.87. The molecule has 2 aromatic rings. The predicted molar refractivity (Wildman–Crippen MR) is 76.0 cm³/mol. The van der Waals surface area contributed by atoms with Crippen molar-refractivity contribution in [1.29, 1.82) is 0 Å². The van der Waals surface area contributed by atoms with Gasteiger partial charge in [-0.15, -0.1) is 11.3 Å². The summed E-state index contributed by atoms with van der Waals surface area (Å²) in [6.45, 7) is 0. The first-order valence-electron chi connectivity index (χ1n) is 5.68. The van der Waals surface area contributed by atoms with Crippen molar-refractivity contribution in [2.75, 3.05) is 4.90 Å². The maximum atomic E-state index is 13.8. The number of para-hydroxylation sites is 1. The van der Waals surface area contributed by atoms with Gasteiger partial charge in [-0.1, -0.05) is 29.8 Å². The van der Waals surface area contributed by atoms with E-state index in [0.29, 0.717) is 4.88 Å². The van der Waals surface area contributed by atoms with Gasteiger partial charge in [-0.3, -0.25) is 9.59 Å². The Bertz CT molecular complexity index is 739. The molecule has 0 bridgehead atoms. The van der Waals surface area contributed by atoms with E-state index in [-0.39, 0.29) is 16.3 Å². The lowest BCUT2D eigenvalue weighted by Crippen LogP contribution is -2.31. The average molecular weight is 308 g/mol. The summed E-state index contributed by atoms with van der Waals surface area (Å²) in [6, 6.07) is 9.04. The van der Waals surface area contributed by atoms with Crippen molar-refractivity contribution in [2.24, 2.45) is 0 Å². The molecule has 3 rings (SSSR count). The van der Waals surface area contributed by atoms with Gasteiger partial charge < -0.3 is 0 Å². The largest absolute Gasteiger partial charge is 0.277 e. The van der Waals surface area contributed by atoms with Gasteiger partial charge in [-0.25, -0.2) is 9.29 Å². The van der Waals surface area contributed by atoms with Gasteiger partial charge in [0.05, 0.1) is 11.3 Å². The normalized spacial score (nSPS) is 15.4. The monoisotopic (exact) mass is 307 g/mol. The molecular formula is C14H7ClFNO2S. The molecule has 0 radical (unpaired) electrons. The van der Waals surface area contributed by atoms with Crippen LogP contribution in [0.2, 0.25) is 0 Å². The van der Waals surface area contributed by atoms with Crippen LogP contribution in [0.1, 0.15) is 4.88 Å². The van der Waals surface area contributed by atoms with Crippen LogP contribution in [-0.2, 0) is 9.59 Å². The van der Waals surface area contributed by atoms with Crippen LogP contribution in [0, 0.1) is 5.82 Å². The van der Waals surface area contributed by atoms with E-state index in [1.807, 2.05) is 0 Å². The molecular weight excluding hydrogens is 301 g/mol. The van der Waals surface area contributed by atoms with Gasteiger partial charge in [0.1, 0.15) is 10.8 Å². The van der Waals surface area contributed by atoms with Gasteiger partial charge >= 0.3 is 0 Å². The van der Waals surface area contributed by atoms with Crippen molar-refractivity contribution in [3.63, 3.8) is 0 Å². The number of carbonyl (C=O) groups is 2. The Labute approximate surface area is 122 Å². The minimum atomic E-state index is -0.704. The summed E-state index contributed by atoms with van der Waals surface area (Å²) < 4.78 is 13.8. The van der Waals surface area contributed by atoms with E-state index >= 15 is 0 Å². The zero-order valence-electron chi connectivity index (χ0n) is 9.97. The molecule has 2 heterocycles. The Morgan fingerprint density at radius 1 is 1.05 bits per heavy atom. The summed E-state index contributed by atoms with van der Waals surface area (Å²) in [4.78, 5) is 25.9. The second kappa shape index (κ2) is 4.85. The number of imide groups is 1. The van der Waals surface area contributed by atoms with Crippen LogP contribution in [0.25, 0.3) is 5.57 Å². The Balaban J connectivity index is 2.10. The third-order valence-corrected chi connectivity index (χ3v) is 4.13. The van der Waals surface area contributed by atoms with Crippen molar-refractivity contribution < 1.29 is 14.0 Å². The second-order valence-electron chi connectivity index (χ2n) is 4.06. The van der Waals surface area contributed by atoms with Gasteiger partial charge in [0, 0.05) is 4.88 Å². The molecule has 3 nitrogen and oxygen atoms in total. The molecule has 0 saturated carbocycles. The number of nitrogens with zero attached hydrogens (tertiary/aromatic N) is 1. The topological polar surface area (TPSA) is 37.4 Å². The summed E-state index contributed by atoms with van der Waals surface area (Å²) in [5, 5.41) is 1.59. The van der Waals surface area contributed by atoms with E-state index in [4.69, 9.17) is 11.6 Å². The molecule has 0 saturated heterocycles. The highest BCUT2D eigenvalue weighted by Crippen LogP contribution is 2.37. The highest BCUT2D eigenvalue weighted by molar-refractivity contribution is 7.11. The minimum absolute atomic E-state index is 0.0905. The van der Waals surface area contributed by atoms with E-state index in [0.717, 1.165) is 4.90 Å². The number of hydrogen-bond donors (Lipinski definition) is 0. The SMILES string of the molecule is O=C1C(Cl)=C(c2cccs2)C(=O)N1c1ccccc1F. The number of halogens is 2. The number of carbonyl (C=O) groups excluding carboxylic acids is 2. The maximum absolute atomic E-state index is 13.8. The molecule has 0 atom stereocenters. The van der Waals surface area contributed by atoms with Crippen molar-refractivity contribution >= 4 is 46.0 Å². The predicted octanol–water partition coefficient (Wildman–Crippen LogP) is 3.41. The summed E-state index contributed by atoms with van der Waals surface area (Å²) in [6.07, 6.45) is 0. The Morgan fingerprint density at radius 2 is 1.80 bits per heavy atom. The zero-order valence-corrected chi connectivity index (χ0v) is 11.5. The molecule has 1 aromatic heterocycles. The zero-order chi connectivity index (χ0) is 14.3. The molecule has 0 fully saturated rings. The van der Waals surface area contributed by atoms with Gasteiger partial charge in [-0.2, -0.15) is 0 Å². The number of anilines is 1. The molecule has 20 heavy (non-hydrogen) atoms. The van der Waals surface area contributed by atoms with E-state index in [2.05, 4.69) is 0 Å². The number of thiophene rings is 1. The lowest BCUT2D eigenvalue weighted by molar-refractivity contribution is -0.119. The fourth-order valence-corrected chi connectivity index (χ4v) is 3.08. The highest BCUT2D eigenvalue weighted by Gasteiger charge is 2.40. The molecule has 2 amide bonds. The first-order valence-corrected chi connectivity index (χ1v) is 6.94. The van der Waals surface area contributed by atoms with Crippen molar-refractivity contribution in [2.45, 2.75) is 0 Å². The number of hydrogen-bond acceptors (Lipinski definition) is 3. The smallest absolute Gasteiger partial charge is 0.268 e. The van der Waals surface area contributed by atoms with Crippen LogP contribution in [0.15, 0.2) is 46.8 Å². The maximum Gasteiger partial charge on any atom is 0.277 e. The summed E-state index contributed by atoms with van der Waals surface area (Å²) in [5.41, 5.74) is 0.0297. The van der Waals surface area contributed by atoms with Gasteiger partial charge in [0.15, 0.2) is 0 Å². The van der Waals surface area contributed by atoms with Crippen LogP contribution < -0.4 is 4.90 Å². The number of amides is 2. The average Bonchev–Trinajstić information content (AvgIpc) is 3.01. The second-order valence-corrected chi connectivity index (χ2v) is 5.39. The van der Waals surface area contributed by atoms with Crippen LogP contribution in [0.4, 0.5) is 10.1 Å². The van der Waals surface area contributed by atoms with Crippen molar-refractivity contribution in [1.82, 2.24) is 0 Å². The standard InChI is InChI=1S/C14H7ClFNO2S/c15-12-11(10-6-3-7-20-10)13(18)17(14(12)19)9-5-2-1-4-8(9)16/h1-7H. The van der Waals surface area contributed by atoms with Gasteiger partial charge in [0.25, 0.3) is 11.8 Å². The Kier molecular flexibility index (Phi) is 3.16. The number of rotatable bonds is 2.